The third kappa shape index (κ3) is 5.70. The fourth-order valence-electron chi connectivity index (χ4n) is 2.12. The fourth-order valence-corrected chi connectivity index (χ4v) is 2.50. The van der Waals surface area contributed by atoms with Crippen LogP contribution in [0.25, 0.3) is 6.08 Å². The van der Waals surface area contributed by atoms with Crippen molar-refractivity contribution in [2.45, 2.75) is 6.92 Å². The van der Waals surface area contributed by atoms with E-state index in [1.165, 1.54) is 31.4 Å². The van der Waals surface area contributed by atoms with Gasteiger partial charge in [0.25, 0.3) is 5.91 Å². The van der Waals surface area contributed by atoms with Crippen molar-refractivity contribution in [1.82, 2.24) is 0 Å². The standard InChI is InChI=1S/C19H16Cl2FNO4/c1-11-8-16(17(26-2)9-14(11)21)23-18(24)10-27-19(25)7-6-12-13(20)4-3-5-15(12)22/h3-9H,10H2,1-2H3,(H,23,24)/b7-6+. The summed E-state index contributed by atoms with van der Waals surface area (Å²) in [6, 6.07) is 7.36. The number of hydrogen-bond donors (Lipinski definition) is 1. The monoisotopic (exact) mass is 411 g/mol. The zero-order chi connectivity index (χ0) is 20.0. The maximum absolute atomic E-state index is 13.6. The third-order valence-electron chi connectivity index (χ3n) is 3.49. The highest BCUT2D eigenvalue weighted by atomic mass is 35.5. The molecule has 0 saturated heterocycles. The Morgan fingerprint density at radius 3 is 2.63 bits per heavy atom. The number of rotatable bonds is 6. The summed E-state index contributed by atoms with van der Waals surface area (Å²) in [5, 5.41) is 3.22. The minimum absolute atomic E-state index is 0.0574. The number of esters is 1. The van der Waals surface area contributed by atoms with E-state index in [-0.39, 0.29) is 10.6 Å². The summed E-state index contributed by atoms with van der Waals surface area (Å²) in [6.07, 6.45) is 2.17. The molecule has 2 aromatic carbocycles. The van der Waals surface area contributed by atoms with Crippen molar-refractivity contribution in [2.75, 3.05) is 19.0 Å². The summed E-state index contributed by atoms with van der Waals surface area (Å²) < 4.78 is 23.6. The van der Waals surface area contributed by atoms with E-state index < -0.39 is 24.3 Å². The Kier molecular flexibility index (Phi) is 7.21. The Hall–Kier alpha value is -2.57. The molecule has 142 valence electrons. The summed E-state index contributed by atoms with van der Waals surface area (Å²) in [6.45, 7) is 1.25. The van der Waals surface area contributed by atoms with Gasteiger partial charge in [0, 0.05) is 22.7 Å². The number of aryl methyl sites for hydroxylation is 1. The maximum atomic E-state index is 13.6. The first-order valence-corrected chi connectivity index (χ1v) is 8.50. The van der Waals surface area contributed by atoms with Crippen molar-refractivity contribution < 1.29 is 23.5 Å². The first-order valence-electron chi connectivity index (χ1n) is 7.74. The minimum atomic E-state index is -0.816. The van der Waals surface area contributed by atoms with Crippen LogP contribution in [0.4, 0.5) is 10.1 Å². The Bertz CT molecular complexity index is 879. The minimum Gasteiger partial charge on any atom is -0.495 e. The molecule has 0 aliphatic heterocycles. The SMILES string of the molecule is COc1cc(Cl)c(C)cc1NC(=O)COC(=O)/C=C/c1c(F)cccc1Cl. The van der Waals surface area contributed by atoms with Gasteiger partial charge in [-0.15, -0.1) is 0 Å². The van der Waals surface area contributed by atoms with Crippen LogP contribution in [0.3, 0.4) is 0 Å². The molecule has 8 heteroatoms. The first kappa shape index (κ1) is 20.7. The summed E-state index contributed by atoms with van der Waals surface area (Å²) in [7, 11) is 1.44. The summed E-state index contributed by atoms with van der Waals surface area (Å²) in [4.78, 5) is 23.7. The average Bonchev–Trinajstić information content (AvgIpc) is 2.62. The van der Waals surface area contributed by atoms with Crippen LogP contribution in [0.5, 0.6) is 5.75 Å². The highest BCUT2D eigenvalue weighted by Crippen LogP contribution is 2.30. The predicted molar refractivity (Wildman–Crippen MR) is 103 cm³/mol. The highest BCUT2D eigenvalue weighted by molar-refractivity contribution is 6.32. The zero-order valence-corrected chi connectivity index (χ0v) is 16.0. The van der Waals surface area contributed by atoms with Crippen molar-refractivity contribution in [3.8, 4) is 5.75 Å². The van der Waals surface area contributed by atoms with Crippen LogP contribution < -0.4 is 10.1 Å². The number of anilines is 1. The Balaban J connectivity index is 1.95. The number of halogens is 3. The molecule has 5 nitrogen and oxygen atoms in total. The van der Waals surface area contributed by atoms with Gasteiger partial charge in [0.05, 0.1) is 17.8 Å². The molecule has 0 heterocycles. The molecule has 0 unspecified atom stereocenters. The van der Waals surface area contributed by atoms with E-state index in [2.05, 4.69) is 5.32 Å². The van der Waals surface area contributed by atoms with Gasteiger partial charge >= 0.3 is 5.97 Å². The van der Waals surface area contributed by atoms with Crippen molar-refractivity contribution in [3.63, 3.8) is 0 Å². The van der Waals surface area contributed by atoms with Crippen LogP contribution in [0, 0.1) is 12.7 Å². The van der Waals surface area contributed by atoms with E-state index in [4.69, 9.17) is 32.7 Å². The van der Waals surface area contributed by atoms with Crippen LogP contribution in [-0.4, -0.2) is 25.6 Å². The second-order valence-corrected chi connectivity index (χ2v) is 6.24. The molecule has 0 bridgehead atoms. The Morgan fingerprint density at radius 1 is 1.22 bits per heavy atom. The smallest absolute Gasteiger partial charge is 0.331 e. The van der Waals surface area contributed by atoms with E-state index in [0.29, 0.717) is 16.5 Å². The topological polar surface area (TPSA) is 64.6 Å². The average molecular weight is 412 g/mol. The van der Waals surface area contributed by atoms with E-state index in [9.17, 15) is 14.0 Å². The molecule has 1 N–H and O–H groups in total. The lowest BCUT2D eigenvalue weighted by Crippen LogP contribution is -2.20. The van der Waals surface area contributed by atoms with Crippen molar-refractivity contribution in [2.24, 2.45) is 0 Å². The van der Waals surface area contributed by atoms with Gasteiger partial charge in [-0.2, -0.15) is 0 Å². The van der Waals surface area contributed by atoms with E-state index >= 15 is 0 Å². The first-order chi connectivity index (χ1) is 12.8. The summed E-state index contributed by atoms with van der Waals surface area (Å²) in [5.41, 5.74) is 1.20. The molecule has 0 atom stereocenters. The van der Waals surface area contributed by atoms with Crippen LogP contribution >= 0.6 is 23.2 Å². The largest absolute Gasteiger partial charge is 0.495 e. The van der Waals surface area contributed by atoms with Crippen LogP contribution in [0.1, 0.15) is 11.1 Å². The lowest BCUT2D eigenvalue weighted by Gasteiger charge is -2.12. The zero-order valence-electron chi connectivity index (χ0n) is 14.5. The van der Waals surface area contributed by atoms with E-state index in [0.717, 1.165) is 11.6 Å². The van der Waals surface area contributed by atoms with Crippen LogP contribution in [0.2, 0.25) is 10.0 Å². The van der Waals surface area contributed by atoms with Crippen LogP contribution in [0.15, 0.2) is 36.4 Å². The highest BCUT2D eigenvalue weighted by Gasteiger charge is 2.12. The molecular formula is C19H16Cl2FNO4. The van der Waals surface area contributed by atoms with Gasteiger partial charge in [-0.1, -0.05) is 29.3 Å². The number of carbonyl (C=O) groups excluding carboxylic acids is 2. The lowest BCUT2D eigenvalue weighted by molar-refractivity contribution is -0.142. The second kappa shape index (κ2) is 9.39. The molecule has 0 aromatic heterocycles. The summed E-state index contributed by atoms with van der Waals surface area (Å²) in [5.74, 6) is -1.58. The van der Waals surface area contributed by atoms with Crippen molar-refractivity contribution in [1.29, 1.82) is 0 Å². The van der Waals surface area contributed by atoms with Crippen LogP contribution in [-0.2, 0) is 14.3 Å². The van der Waals surface area contributed by atoms with Gasteiger partial charge in [-0.3, -0.25) is 4.79 Å². The molecule has 0 radical (unpaired) electrons. The molecule has 0 aliphatic carbocycles. The van der Waals surface area contributed by atoms with Gasteiger partial charge in [0.1, 0.15) is 11.6 Å². The van der Waals surface area contributed by atoms with Gasteiger partial charge < -0.3 is 14.8 Å². The molecule has 0 fully saturated rings. The number of amides is 1. The molecule has 27 heavy (non-hydrogen) atoms. The number of methoxy groups -OCH3 is 1. The molecule has 2 rings (SSSR count). The number of carbonyl (C=O) groups is 2. The van der Waals surface area contributed by atoms with Gasteiger partial charge in [0.2, 0.25) is 0 Å². The molecule has 0 aliphatic rings. The molecule has 2 aromatic rings. The van der Waals surface area contributed by atoms with Gasteiger partial charge in [-0.25, -0.2) is 9.18 Å². The van der Waals surface area contributed by atoms with E-state index in [1.54, 1.807) is 19.1 Å². The fraction of sp³-hybridized carbons (Fsp3) is 0.158. The van der Waals surface area contributed by atoms with Crippen molar-refractivity contribution in [3.05, 3.63) is 63.4 Å². The summed E-state index contributed by atoms with van der Waals surface area (Å²) >= 11 is 11.9. The molecular weight excluding hydrogens is 396 g/mol. The van der Waals surface area contributed by atoms with Gasteiger partial charge in [0.15, 0.2) is 6.61 Å². The maximum Gasteiger partial charge on any atom is 0.331 e. The normalized spacial score (nSPS) is 10.7. The quantitative estimate of drug-likeness (QED) is 0.555. The number of ether oxygens (including phenoxy) is 2. The Morgan fingerprint density at radius 2 is 1.96 bits per heavy atom. The number of nitrogens with one attached hydrogen (secondary N) is 1. The number of hydrogen-bond acceptors (Lipinski definition) is 4. The number of benzene rings is 2. The molecule has 0 spiro atoms. The van der Waals surface area contributed by atoms with E-state index in [1.807, 2.05) is 0 Å². The van der Waals surface area contributed by atoms with Crippen molar-refractivity contribution >= 4 is 46.8 Å². The Labute approximate surface area is 165 Å². The molecule has 0 saturated carbocycles. The predicted octanol–water partition coefficient (Wildman–Crippen LogP) is 4.64. The second-order valence-electron chi connectivity index (χ2n) is 5.43. The third-order valence-corrected chi connectivity index (χ3v) is 4.22. The molecule has 1 amide bonds. The lowest BCUT2D eigenvalue weighted by atomic mass is 10.2. The van der Waals surface area contributed by atoms with Gasteiger partial charge in [-0.05, 0) is 36.8 Å².